The van der Waals surface area contributed by atoms with Gasteiger partial charge in [-0.1, -0.05) is 18.2 Å². The van der Waals surface area contributed by atoms with Gasteiger partial charge in [0.25, 0.3) is 5.91 Å². The number of isothiocyanates is 1. The van der Waals surface area contributed by atoms with E-state index in [0.29, 0.717) is 60.9 Å². The van der Waals surface area contributed by atoms with Crippen LogP contribution in [0.2, 0.25) is 0 Å². The maximum atomic E-state index is 13.0. The molecule has 1 heterocycles. The third kappa shape index (κ3) is 15.2. The highest BCUT2D eigenvalue weighted by atomic mass is 32.1. The van der Waals surface area contributed by atoms with Crippen LogP contribution in [0.5, 0.6) is 11.5 Å². The van der Waals surface area contributed by atoms with E-state index in [9.17, 15) is 24.3 Å². The zero-order valence-electron chi connectivity index (χ0n) is 30.0. The van der Waals surface area contributed by atoms with E-state index in [4.69, 9.17) is 9.47 Å². The molecule has 4 aromatic rings. The van der Waals surface area contributed by atoms with Crippen LogP contribution in [0.15, 0.2) is 96.0 Å². The lowest BCUT2D eigenvalue weighted by Crippen LogP contribution is -2.38. The van der Waals surface area contributed by atoms with Gasteiger partial charge in [-0.05, 0) is 123 Å². The Morgan fingerprint density at radius 1 is 0.870 bits per heavy atom. The van der Waals surface area contributed by atoms with Crippen molar-refractivity contribution in [3.05, 3.63) is 108 Å². The predicted octanol–water partition coefficient (Wildman–Crippen LogP) is 6.76. The first kappa shape index (κ1) is 40.7. The maximum absolute atomic E-state index is 13.0. The second-order valence-corrected chi connectivity index (χ2v) is 12.5. The van der Waals surface area contributed by atoms with Gasteiger partial charge in [-0.25, -0.2) is 9.78 Å². The molecule has 0 aliphatic carbocycles. The molecule has 1 unspecified atom stereocenters. The van der Waals surface area contributed by atoms with Crippen molar-refractivity contribution in [2.75, 3.05) is 36.9 Å². The zero-order valence-corrected chi connectivity index (χ0v) is 30.8. The van der Waals surface area contributed by atoms with Crippen molar-refractivity contribution < 1.29 is 33.8 Å². The number of amides is 3. The van der Waals surface area contributed by atoms with Gasteiger partial charge >= 0.3 is 12.0 Å². The Balaban J connectivity index is 1.11. The summed E-state index contributed by atoms with van der Waals surface area (Å²) in [4.78, 5) is 57.1. The Bertz CT molecular complexity index is 1880. The van der Waals surface area contributed by atoms with E-state index in [1.807, 2.05) is 49.4 Å². The quantitative estimate of drug-likeness (QED) is 0.0327. The molecule has 0 aliphatic heterocycles. The van der Waals surface area contributed by atoms with Gasteiger partial charge in [0, 0.05) is 36.0 Å². The standard InChI is InChI=1S/C40H44N6O7S/c1-28-6-4-8-37(44-28)41-21-5-23-53-35-17-9-29(10-18-35)24-33(25-38(48)49)45-39(50)30-11-19-36(20-12-30)52-22-3-2-7-34(47)26-42-40(51)46-32-15-13-31(14-16-32)43-27-54/h4,6,8-20,33H,2-3,5,7,21-26H2,1H3,(H,41,44)(H,45,50)(H,48,49)(H2,42,46,51). The Morgan fingerprint density at radius 3 is 2.22 bits per heavy atom. The van der Waals surface area contributed by atoms with Crippen molar-refractivity contribution >= 4 is 58.3 Å². The number of aryl methyl sites for hydroxylation is 1. The van der Waals surface area contributed by atoms with Crippen LogP contribution in [-0.4, -0.2) is 71.3 Å². The van der Waals surface area contributed by atoms with Crippen molar-refractivity contribution in [3.63, 3.8) is 0 Å². The minimum Gasteiger partial charge on any atom is -0.494 e. The van der Waals surface area contributed by atoms with Gasteiger partial charge in [0.05, 0.1) is 37.0 Å². The number of nitrogens with one attached hydrogen (secondary N) is 4. The summed E-state index contributed by atoms with van der Waals surface area (Å²) in [7, 11) is 0. The summed E-state index contributed by atoms with van der Waals surface area (Å²) in [5.41, 5.74) is 3.35. The molecular formula is C40H44N6O7S. The number of aliphatic imine (C=N–C) groups is 1. The van der Waals surface area contributed by atoms with Crippen LogP contribution >= 0.6 is 12.2 Å². The van der Waals surface area contributed by atoms with Crippen LogP contribution in [0.4, 0.5) is 22.0 Å². The Morgan fingerprint density at radius 2 is 1.56 bits per heavy atom. The molecule has 13 nitrogen and oxygen atoms in total. The fourth-order valence-corrected chi connectivity index (χ4v) is 5.32. The first-order valence-corrected chi connectivity index (χ1v) is 18.0. The number of carbonyl (C=O) groups excluding carboxylic acids is 3. The molecular weight excluding hydrogens is 709 g/mol. The van der Waals surface area contributed by atoms with E-state index in [1.54, 1.807) is 48.5 Å². The molecule has 5 N–H and O–H groups in total. The van der Waals surface area contributed by atoms with Gasteiger partial charge in [-0.2, -0.15) is 4.99 Å². The summed E-state index contributed by atoms with van der Waals surface area (Å²) in [6, 6.07) is 25.4. The number of carboxylic acid groups (broad SMARTS) is 1. The third-order valence-electron chi connectivity index (χ3n) is 7.93. The highest BCUT2D eigenvalue weighted by Crippen LogP contribution is 2.18. The average Bonchev–Trinajstić information content (AvgIpc) is 3.15. The molecule has 3 amide bonds. The van der Waals surface area contributed by atoms with Crippen molar-refractivity contribution in [1.82, 2.24) is 15.6 Å². The lowest BCUT2D eigenvalue weighted by atomic mass is 10.0. The number of unbranched alkanes of at least 4 members (excludes halogenated alkanes) is 1. The fourth-order valence-electron chi connectivity index (χ4n) is 5.21. The predicted molar refractivity (Wildman–Crippen MR) is 210 cm³/mol. The first-order valence-electron chi connectivity index (χ1n) is 17.6. The number of pyridine rings is 1. The number of aromatic nitrogens is 1. The minimum absolute atomic E-state index is 0.0924. The monoisotopic (exact) mass is 752 g/mol. The fraction of sp³-hybridized carbons (Fsp3) is 0.300. The van der Waals surface area contributed by atoms with E-state index >= 15 is 0 Å². The number of thiocarbonyl (C=S) groups is 1. The molecule has 0 bridgehead atoms. The van der Waals surface area contributed by atoms with Gasteiger partial charge in [-0.15, -0.1) is 0 Å². The minimum atomic E-state index is -1.02. The molecule has 1 aromatic heterocycles. The molecule has 3 aromatic carbocycles. The summed E-state index contributed by atoms with van der Waals surface area (Å²) in [5.74, 6) is 0.580. The van der Waals surface area contributed by atoms with Gasteiger partial charge in [-0.3, -0.25) is 14.4 Å². The molecule has 0 fully saturated rings. The number of nitrogens with zero attached hydrogens (tertiary/aromatic N) is 2. The van der Waals surface area contributed by atoms with Crippen molar-refractivity contribution in [1.29, 1.82) is 0 Å². The van der Waals surface area contributed by atoms with Gasteiger partial charge in [0.2, 0.25) is 0 Å². The summed E-state index contributed by atoms with van der Waals surface area (Å²) in [6.45, 7) is 3.46. The number of hydrogen-bond donors (Lipinski definition) is 5. The molecule has 0 radical (unpaired) electrons. The number of aliphatic carboxylic acids is 1. The van der Waals surface area contributed by atoms with E-state index in [0.717, 1.165) is 30.0 Å². The normalized spacial score (nSPS) is 11.0. The molecule has 14 heteroatoms. The lowest BCUT2D eigenvalue weighted by molar-refractivity contribution is -0.137. The lowest BCUT2D eigenvalue weighted by Gasteiger charge is -2.18. The van der Waals surface area contributed by atoms with Crippen molar-refractivity contribution in [3.8, 4) is 11.5 Å². The number of carbonyl (C=O) groups is 4. The maximum Gasteiger partial charge on any atom is 0.319 e. The molecule has 0 aliphatic rings. The Hall–Kier alpha value is -6.11. The van der Waals surface area contributed by atoms with Gasteiger partial charge in [0.1, 0.15) is 17.3 Å². The van der Waals surface area contributed by atoms with E-state index in [2.05, 4.69) is 48.6 Å². The van der Waals surface area contributed by atoms with Gasteiger partial charge < -0.3 is 35.8 Å². The highest BCUT2D eigenvalue weighted by Gasteiger charge is 2.18. The van der Waals surface area contributed by atoms with E-state index in [1.165, 1.54) is 0 Å². The average molecular weight is 753 g/mol. The van der Waals surface area contributed by atoms with E-state index in [-0.39, 0.29) is 25.2 Å². The number of ether oxygens (including phenoxy) is 2. The molecule has 0 saturated carbocycles. The van der Waals surface area contributed by atoms with Crippen molar-refractivity contribution in [2.45, 2.75) is 51.5 Å². The Labute approximate surface area is 319 Å². The molecule has 4 rings (SSSR count). The van der Waals surface area contributed by atoms with Crippen LogP contribution in [-0.2, 0) is 16.0 Å². The number of hydrogen-bond acceptors (Lipinski definition) is 10. The topological polar surface area (TPSA) is 180 Å². The molecule has 0 saturated heterocycles. The highest BCUT2D eigenvalue weighted by molar-refractivity contribution is 7.78. The Kier molecular flexibility index (Phi) is 16.6. The third-order valence-corrected chi connectivity index (χ3v) is 8.02. The number of benzene rings is 3. The number of anilines is 2. The van der Waals surface area contributed by atoms with Crippen LogP contribution in [0.3, 0.4) is 0 Å². The van der Waals surface area contributed by atoms with Crippen LogP contribution in [0, 0.1) is 6.92 Å². The molecule has 0 spiro atoms. The van der Waals surface area contributed by atoms with Crippen LogP contribution < -0.4 is 30.7 Å². The first-order chi connectivity index (χ1) is 26.2. The second kappa shape index (κ2) is 22.1. The van der Waals surface area contributed by atoms with Crippen molar-refractivity contribution in [2.24, 2.45) is 4.99 Å². The van der Waals surface area contributed by atoms with Crippen LogP contribution in [0.1, 0.15) is 53.7 Å². The SMILES string of the molecule is Cc1cccc(NCCCOc2ccc(CC(CC(=O)O)NC(=O)c3ccc(OCCCCC(=O)CNC(=O)Nc4ccc(N=C=S)cc4)cc3)cc2)n1. The number of Topliss-reactive ketones (excluding diaryl/α,β-unsaturated/α-hetero) is 1. The summed E-state index contributed by atoms with van der Waals surface area (Å²) in [6.07, 6.45) is 2.36. The van der Waals surface area contributed by atoms with Crippen LogP contribution in [0.25, 0.3) is 0 Å². The summed E-state index contributed by atoms with van der Waals surface area (Å²) >= 11 is 4.56. The zero-order chi connectivity index (χ0) is 38.5. The number of urea groups is 1. The largest absolute Gasteiger partial charge is 0.494 e. The number of rotatable bonds is 22. The number of carboxylic acids is 1. The number of ketones is 1. The molecule has 54 heavy (non-hydrogen) atoms. The summed E-state index contributed by atoms with van der Waals surface area (Å²) in [5, 5.41) is 23.1. The summed E-state index contributed by atoms with van der Waals surface area (Å²) < 4.78 is 11.6. The molecule has 1 atom stereocenters. The second-order valence-electron chi connectivity index (χ2n) is 12.3. The smallest absolute Gasteiger partial charge is 0.319 e. The molecule has 282 valence electrons. The van der Waals surface area contributed by atoms with Gasteiger partial charge in [0.15, 0.2) is 5.78 Å². The van der Waals surface area contributed by atoms with E-state index < -0.39 is 23.9 Å².